The highest BCUT2D eigenvalue weighted by Gasteiger charge is 2.23. The fourth-order valence-electron chi connectivity index (χ4n) is 4.85. The Morgan fingerprint density at radius 1 is 0.625 bits per heavy atom. The van der Waals surface area contributed by atoms with Crippen molar-refractivity contribution in [2.24, 2.45) is 0 Å². The second-order valence-corrected chi connectivity index (χ2v) is 9.20. The molecule has 0 N–H and O–H groups in total. The molecule has 6 rings (SSSR count). The van der Waals surface area contributed by atoms with E-state index in [2.05, 4.69) is 119 Å². The van der Waals surface area contributed by atoms with Crippen molar-refractivity contribution >= 4 is 37.9 Å². The first-order valence-electron chi connectivity index (χ1n) is 10.9. The zero-order chi connectivity index (χ0) is 21.5. The van der Waals surface area contributed by atoms with Gasteiger partial charge in [0.2, 0.25) is 0 Å². The topological polar surface area (TPSA) is 13.1 Å². The second-order valence-electron chi connectivity index (χ2n) is 8.29. The minimum Gasteiger partial charge on any atom is -0.455 e. The minimum atomic E-state index is 0.272. The molecule has 2 atom stereocenters. The predicted octanol–water partition coefficient (Wildman–Crippen LogP) is 9.01. The molecule has 4 aromatic carbocycles. The molecule has 154 valence electrons. The number of hydrogen-bond acceptors (Lipinski definition) is 1. The zero-order valence-corrected chi connectivity index (χ0v) is 19.0. The Kier molecular flexibility index (Phi) is 4.81. The van der Waals surface area contributed by atoms with Crippen molar-refractivity contribution in [3.05, 3.63) is 131 Å². The van der Waals surface area contributed by atoms with Crippen molar-refractivity contribution < 1.29 is 4.42 Å². The molecule has 0 bridgehead atoms. The van der Waals surface area contributed by atoms with E-state index < -0.39 is 0 Å². The third-order valence-corrected chi connectivity index (χ3v) is 6.80. The van der Waals surface area contributed by atoms with Crippen molar-refractivity contribution in [3.63, 3.8) is 0 Å². The SMILES string of the molecule is Brc1cc(-c2cccc3c2oc2ccccc23)cc(C2C=CC=CC2c2ccccc2)c1. The van der Waals surface area contributed by atoms with Crippen LogP contribution in [0.2, 0.25) is 0 Å². The molecule has 2 unspecified atom stereocenters. The van der Waals surface area contributed by atoms with Gasteiger partial charge in [0.1, 0.15) is 11.2 Å². The highest BCUT2D eigenvalue weighted by molar-refractivity contribution is 9.10. The standard InChI is InChI=1S/C30H21BrO/c31-23-18-21(25-12-5-4-11-24(25)20-9-2-1-3-10-20)17-22(19-23)26-14-8-15-28-27-13-6-7-16-29(27)32-30(26)28/h1-19,24-25H. The molecule has 1 nitrogen and oxygen atoms in total. The van der Waals surface area contributed by atoms with Gasteiger partial charge in [-0.05, 0) is 34.9 Å². The van der Waals surface area contributed by atoms with Gasteiger partial charge in [-0.3, -0.25) is 0 Å². The summed E-state index contributed by atoms with van der Waals surface area (Å²) in [6.45, 7) is 0. The van der Waals surface area contributed by atoms with Crippen LogP contribution in [-0.4, -0.2) is 0 Å². The Bertz CT molecular complexity index is 1490. The Balaban J connectivity index is 1.50. The monoisotopic (exact) mass is 476 g/mol. The molecule has 0 spiro atoms. The van der Waals surface area contributed by atoms with Crippen LogP contribution in [0.25, 0.3) is 33.1 Å². The fraction of sp³-hybridized carbons (Fsp3) is 0.0667. The third-order valence-electron chi connectivity index (χ3n) is 6.34. The third kappa shape index (κ3) is 3.32. The number of fused-ring (bicyclic) bond motifs is 3. The summed E-state index contributed by atoms with van der Waals surface area (Å²) < 4.78 is 7.39. The van der Waals surface area contributed by atoms with Crippen LogP contribution >= 0.6 is 15.9 Å². The van der Waals surface area contributed by atoms with E-state index in [0.29, 0.717) is 5.92 Å². The Morgan fingerprint density at radius 2 is 1.34 bits per heavy atom. The predicted molar refractivity (Wildman–Crippen MR) is 137 cm³/mol. The largest absolute Gasteiger partial charge is 0.455 e. The van der Waals surface area contributed by atoms with Crippen molar-refractivity contribution in [1.29, 1.82) is 0 Å². The van der Waals surface area contributed by atoms with E-state index in [1.165, 1.54) is 11.1 Å². The summed E-state index contributed by atoms with van der Waals surface area (Å²) in [5.41, 5.74) is 6.77. The molecule has 1 aromatic heterocycles. The van der Waals surface area contributed by atoms with E-state index in [1.54, 1.807) is 0 Å². The summed E-state index contributed by atoms with van der Waals surface area (Å²) in [6, 6.07) is 32.2. The lowest BCUT2D eigenvalue weighted by Gasteiger charge is -2.26. The van der Waals surface area contributed by atoms with Crippen LogP contribution in [-0.2, 0) is 0 Å². The summed E-state index contributed by atoms with van der Waals surface area (Å²) >= 11 is 3.78. The van der Waals surface area contributed by atoms with Crippen molar-refractivity contribution in [1.82, 2.24) is 0 Å². The van der Waals surface area contributed by atoms with Gasteiger partial charge in [0.25, 0.3) is 0 Å². The van der Waals surface area contributed by atoms with Crippen LogP contribution in [0, 0.1) is 0 Å². The van der Waals surface area contributed by atoms with Crippen LogP contribution in [0.15, 0.2) is 124 Å². The molecule has 0 saturated carbocycles. The molecule has 0 aliphatic heterocycles. The van der Waals surface area contributed by atoms with Gasteiger partial charge < -0.3 is 4.42 Å². The lowest BCUT2D eigenvalue weighted by Crippen LogP contribution is -2.09. The second kappa shape index (κ2) is 7.96. The molecular formula is C30H21BrO. The number of benzene rings is 4. The Labute approximate surface area is 195 Å². The van der Waals surface area contributed by atoms with Crippen molar-refractivity contribution in [2.45, 2.75) is 11.8 Å². The van der Waals surface area contributed by atoms with Crippen molar-refractivity contribution in [3.8, 4) is 11.1 Å². The normalized spacial score (nSPS) is 17.9. The molecule has 5 aromatic rings. The van der Waals surface area contributed by atoms with E-state index >= 15 is 0 Å². The molecule has 32 heavy (non-hydrogen) atoms. The van der Waals surface area contributed by atoms with Gasteiger partial charge >= 0.3 is 0 Å². The molecule has 1 aliphatic carbocycles. The Morgan fingerprint density at radius 3 is 2.19 bits per heavy atom. The molecule has 0 amide bonds. The molecule has 0 saturated heterocycles. The van der Waals surface area contributed by atoms with Gasteiger partial charge in [0, 0.05) is 32.6 Å². The number of furan rings is 1. The highest BCUT2D eigenvalue weighted by Crippen LogP contribution is 2.42. The van der Waals surface area contributed by atoms with E-state index in [0.717, 1.165) is 37.5 Å². The van der Waals surface area contributed by atoms with E-state index in [-0.39, 0.29) is 5.92 Å². The number of hydrogen-bond donors (Lipinski definition) is 0. The number of rotatable bonds is 3. The lowest BCUT2D eigenvalue weighted by atomic mass is 9.78. The number of allylic oxidation sites excluding steroid dienone is 4. The van der Waals surface area contributed by atoms with Gasteiger partial charge in [-0.15, -0.1) is 0 Å². The fourth-order valence-corrected chi connectivity index (χ4v) is 5.37. The summed E-state index contributed by atoms with van der Waals surface area (Å²) in [6.07, 6.45) is 8.93. The van der Waals surface area contributed by atoms with Crippen LogP contribution in [0.1, 0.15) is 23.0 Å². The van der Waals surface area contributed by atoms with Crippen LogP contribution in [0.5, 0.6) is 0 Å². The minimum absolute atomic E-state index is 0.272. The molecule has 2 heteroatoms. The molecule has 0 fully saturated rings. The van der Waals surface area contributed by atoms with Gasteiger partial charge in [0.05, 0.1) is 0 Å². The Hall–Kier alpha value is -3.36. The summed E-state index contributed by atoms with van der Waals surface area (Å²) in [5, 5.41) is 2.31. The van der Waals surface area contributed by atoms with Crippen molar-refractivity contribution in [2.75, 3.05) is 0 Å². The first-order valence-corrected chi connectivity index (χ1v) is 11.7. The molecule has 1 heterocycles. The van der Waals surface area contributed by atoms with E-state index in [4.69, 9.17) is 4.42 Å². The zero-order valence-electron chi connectivity index (χ0n) is 17.4. The number of halogens is 1. The van der Waals surface area contributed by atoms with Gasteiger partial charge in [-0.25, -0.2) is 0 Å². The van der Waals surface area contributed by atoms with Gasteiger partial charge in [-0.1, -0.05) is 113 Å². The maximum absolute atomic E-state index is 6.31. The van der Waals surface area contributed by atoms with Crippen LogP contribution < -0.4 is 0 Å². The lowest BCUT2D eigenvalue weighted by molar-refractivity contribution is 0.670. The van der Waals surface area contributed by atoms with Gasteiger partial charge in [0.15, 0.2) is 0 Å². The number of para-hydroxylation sites is 2. The summed E-state index contributed by atoms with van der Waals surface area (Å²) in [4.78, 5) is 0. The summed E-state index contributed by atoms with van der Waals surface area (Å²) in [5.74, 6) is 0.582. The van der Waals surface area contributed by atoms with Crippen LogP contribution in [0.3, 0.4) is 0 Å². The first kappa shape index (κ1) is 19.3. The quantitative estimate of drug-likeness (QED) is 0.253. The molecule has 0 radical (unpaired) electrons. The average molecular weight is 477 g/mol. The molecular weight excluding hydrogens is 456 g/mol. The van der Waals surface area contributed by atoms with E-state index in [9.17, 15) is 0 Å². The maximum Gasteiger partial charge on any atom is 0.143 e. The maximum atomic E-state index is 6.31. The van der Waals surface area contributed by atoms with E-state index in [1.807, 2.05) is 12.1 Å². The van der Waals surface area contributed by atoms with Gasteiger partial charge in [-0.2, -0.15) is 0 Å². The van der Waals surface area contributed by atoms with Crippen LogP contribution in [0.4, 0.5) is 0 Å². The molecule has 1 aliphatic rings. The first-order chi connectivity index (χ1) is 15.8. The average Bonchev–Trinajstić information content (AvgIpc) is 3.23. The smallest absolute Gasteiger partial charge is 0.143 e. The highest BCUT2D eigenvalue weighted by atomic mass is 79.9. The summed E-state index contributed by atoms with van der Waals surface area (Å²) in [7, 11) is 0.